The lowest BCUT2D eigenvalue weighted by Crippen LogP contribution is -2.41. The first-order valence-electron chi connectivity index (χ1n) is 7.76. The number of carbonyl (C=O) groups is 1. The summed E-state index contributed by atoms with van der Waals surface area (Å²) >= 11 is 1.37. The van der Waals surface area contributed by atoms with Crippen molar-refractivity contribution in [3.8, 4) is 10.8 Å². The van der Waals surface area contributed by atoms with Gasteiger partial charge in [0.05, 0.1) is 18.9 Å². The molecule has 0 bridgehead atoms. The maximum Gasteiger partial charge on any atom is 0.263 e. The molecule has 0 aromatic carbocycles. The molecule has 2 aromatic rings. The molecule has 1 amide bonds. The minimum absolute atomic E-state index is 0.0669. The molecule has 0 unspecified atom stereocenters. The highest BCUT2D eigenvalue weighted by molar-refractivity contribution is 7.17. The van der Waals surface area contributed by atoms with Gasteiger partial charge in [0.2, 0.25) is 0 Å². The number of hydrogen-bond acceptors (Lipinski definition) is 6. The largest absolute Gasteiger partial charge is 0.459 e. The number of aromatic nitrogens is 1. The van der Waals surface area contributed by atoms with Gasteiger partial charge in [0.1, 0.15) is 10.6 Å². The second kappa shape index (κ2) is 7.25. The van der Waals surface area contributed by atoms with Gasteiger partial charge in [-0.3, -0.25) is 9.69 Å². The molecule has 3 heterocycles. The molecule has 0 atom stereocenters. The van der Waals surface area contributed by atoms with E-state index in [2.05, 4.69) is 15.2 Å². The van der Waals surface area contributed by atoms with Crippen LogP contribution in [0.1, 0.15) is 21.1 Å². The molecule has 6 nitrogen and oxygen atoms in total. The van der Waals surface area contributed by atoms with Crippen LogP contribution in [0.25, 0.3) is 10.8 Å². The van der Waals surface area contributed by atoms with Gasteiger partial charge in [0, 0.05) is 26.2 Å². The summed E-state index contributed by atoms with van der Waals surface area (Å²) in [5.41, 5.74) is 0.739. The van der Waals surface area contributed by atoms with Crippen molar-refractivity contribution in [2.75, 3.05) is 39.4 Å². The summed E-state index contributed by atoms with van der Waals surface area (Å²) in [6.45, 7) is 8.62. The molecule has 1 aliphatic heterocycles. The topological polar surface area (TPSA) is 67.6 Å². The summed E-state index contributed by atoms with van der Waals surface area (Å²) in [6.07, 6.45) is 0. The lowest BCUT2D eigenvalue weighted by molar-refractivity contribution is 0.0383. The third-order valence-electron chi connectivity index (χ3n) is 3.77. The standard InChI is InChI=1S/C16H21N3O3S/c1-11-3-4-13(22-11)16-18-12(2)14(23-16)15(20)17-5-6-19-7-9-21-10-8-19/h3-4H,5-10H2,1-2H3,(H,17,20). The lowest BCUT2D eigenvalue weighted by atomic mass is 10.3. The smallest absolute Gasteiger partial charge is 0.263 e. The molecule has 1 N–H and O–H groups in total. The number of nitrogens with one attached hydrogen (secondary N) is 1. The first-order chi connectivity index (χ1) is 11.1. The highest BCUT2D eigenvalue weighted by atomic mass is 32.1. The molecule has 1 saturated heterocycles. The SMILES string of the molecule is Cc1ccc(-c2nc(C)c(C(=O)NCCN3CCOCC3)s2)o1. The second-order valence-electron chi connectivity index (χ2n) is 5.55. The van der Waals surface area contributed by atoms with E-state index >= 15 is 0 Å². The fourth-order valence-electron chi connectivity index (χ4n) is 2.49. The highest BCUT2D eigenvalue weighted by Gasteiger charge is 2.18. The molecule has 1 fully saturated rings. The molecule has 7 heteroatoms. The van der Waals surface area contributed by atoms with Crippen LogP contribution in [0.5, 0.6) is 0 Å². The Morgan fingerprint density at radius 3 is 2.83 bits per heavy atom. The number of furan rings is 1. The average Bonchev–Trinajstić information content (AvgIpc) is 3.14. The van der Waals surface area contributed by atoms with Crippen molar-refractivity contribution < 1.29 is 13.9 Å². The number of aryl methyl sites for hydroxylation is 2. The van der Waals surface area contributed by atoms with Crippen molar-refractivity contribution in [1.29, 1.82) is 0 Å². The van der Waals surface area contributed by atoms with E-state index in [1.807, 2.05) is 26.0 Å². The van der Waals surface area contributed by atoms with Gasteiger partial charge in [0.15, 0.2) is 10.8 Å². The average molecular weight is 335 g/mol. The molecule has 0 aliphatic carbocycles. The van der Waals surface area contributed by atoms with Gasteiger partial charge in [-0.15, -0.1) is 11.3 Å². The summed E-state index contributed by atoms with van der Waals surface area (Å²) in [7, 11) is 0. The number of morpholine rings is 1. The van der Waals surface area contributed by atoms with Crippen LogP contribution in [0.15, 0.2) is 16.5 Å². The Hall–Kier alpha value is -1.70. The van der Waals surface area contributed by atoms with E-state index < -0.39 is 0 Å². The van der Waals surface area contributed by atoms with Crippen molar-refractivity contribution in [2.45, 2.75) is 13.8 Å². The van der Waals surface area contributed by atoms with Crippen molar-refractivity contribution in [3.63, 3.8) is 0 Å². The van der Waals surface area contributed by atoms with Gasteiger partial charge in [-0.25, -0.2) is 4.98 Å². The van der Waals surface area contributed by atoms with Gasteiger partial charge < -0.3 is 14.5 Å². The monoisotopic (exact) mass is 335 g/mol. The minimum Gasteiger partial charge on any atom is -0.459 e. The molecule has 0 spiro atoms. The van der Waals surface area contributed by atoms with Crippen LogP contribution in [0.3, 0.4) is 0 Å². The number of amides is 1. The molecule has 23 heavy (non-hydrogen) atoms. The van der Waals surface area contributed by atoms with Crippen molar-refractivity contribution >= 4 is 17.2 Å². The third-order valence-corrected chi connectivity index (χ3v) is 4.94. The summed E-state index contributed by atoms with van der Waals surface area (Å²) < 4.78 is 10.9. The van der Waals surface area contributed by atoms with Crippen LogP contribution in [-0.4, -0.2) is 55.2 Å². The number of thiazole rings is 1. The van der Waals surface area contributed by atoms with Crippen molar-refractivity contribution in [1.82, 2.24) is 15.2 Å². The Kier molecular flexibility index (Phi) is 5.09. The van der Waals surface area contributed by atoms with Gasteiger partial charge >= 0.3 is 0 Å². The molecular formula is C16H21N3O3S. The van der Waals surface area contributed by atoms with Crippen molar-refractivity contribution in [3.05, 3.63) is 28.5 Å². The van der Waals surface area contributed by atoms with E-state index in [4.69, 9.17) is 9.15 Å². The zero-order chi connectivity index (χ0) is 16.2. The summed E-state index contributed by atoms with van der Waals surface area (Å²) in [5.74, 6) is 1.48. The zero-order valence-corrected chi connectivity index (χ0v) is 14.2. The van der Waals surface area contributed by atoms with Crippen LogP contribution in [0.4, 0.5) is 0 Å². The van der Waals surface area contributed by atoms with Gasteiger partial charge in [0.25, 0.3) is 5.91 Å². The lowest BCUT2D eigenvalue weighted by Gasteiger charge is -2.26. The maximum absolute atomic E-state index is 12.3. The molecule has 0 radical (unpaired) electrons. The van der Waals surface area contributed by atoms with Crippen LogP contribution in [0, 0.1) is 13.8 Å². The van der Waals surface area contributed by atoms with E-state index in [0.717, 1.165) is 49.3 Å². The fourth-order valence-corrected chi connectivity index (χ4v) is 3.44. The Labute approximate surface area is 139 Å². The Morgan fingerprint density at radius 1 is 1.35 bits per heavy atom. The van der Waals surface area contributed by atoms with Gasteiger partial charge in [-0.1, -0.05) is 0 Å². The van der Waals surface area contributed by atoms with E-state index in [1.54, 1.807) is 0 Å². The molecular weight excluding hydrogens is 314 g/mol. The second-order valence-corrected chi connectivity index (χ2v) is 6.55. The Morgan fingerprint density at radius 2 is 2.13 bits per heavy atom. The minimum atomic E-state index is -0.0669. The van der Waals surface area contributed by atoms with Crippen LogP contribution < -0.4 is 5.32 Å². The summed E-state index contributed by atoms with van der Waals surface area (Å²) in [5, 5.41) is 3.72. The molecule has 1 aliphatic rings. The van der Waals surface area contributed by atoms with Crippen molar-refractivity contribution in [2.24, 2.45) is 0 Å². The molecule has 2 aromatic heterocycles. The van der Waals surface area contributed by atoms with E-state index in [1.165, 1.54) is 11.3 Å². The number of ether oxygens (including phenoxy) is 1. The van der Waals surface area contributed by atoms with Gasteiger partial charge in [-0.05, 0) is 26.0 Å². The highest BCUT2D eigenvalue weighted by Crippen LogP contribution is 2.29. The van der Waals surface area contributed by atoms with Crippen LogP contribution in [0.2, 0.25) is 0 Å². The first-order valence-corrected chi connectivity index (χ1v) is 8.57. The molecule has 124 valence electrons. The molecule has 0 saturated carbocycles. The van der Waals surface area contributed by atoms with Gasteiger partial charge in [-0.2, -0.15) is 0 Å². The van der Waals surface area contributed by atoms with Crippen LogP contribution >= 0.6 is 11.3 Å². The summed E-state index contributed by atoms with van der Waals surface area (Å²) in [6, 6.07) is 3.78. The third kappa shape index (κ3) is 3.99. The number of carbonyl (C=O) groups excluding carboxylic acids is 1. The quantitative estimate of drug-likeness (QED) is 0.906. The number of rotatable bonds is 5. The van der Waals surface area contributed by atoms with Crippen LogP contribution in [-0.2, 0) is 4.74 Å². The zero-order valence-electron chi connectivity index (χ0n) is 13.4. The predicted molar refractivity (Wildman–Crippen MR) is 88.9 cm³/mol. The number of hydrogen-bond donors (Lipinski definition) is 1. The maximum atomic E-state index is 12.3. The Bertz CT molecular complexity index is 674. The normalized spacial score (nSPS) is 15.7. The van der Waals surface area contributed by atoms with E-state index in [-0.39, 0.29) is 5.91 Å². The Balaban J connectivity index is 1.57. The molecule has 3 rings (SSSR count). The van der Waals surface area contributed by atoms with E-state index in [0.29, 0.717) is 17.2 Å². The summed E-state index contributed by atoms with van der Waals surface area (Å²) in [4.78, 5) is 19.7. The fraction of sp³-hybridized carbons (Fsp3) is 0.500. The number of nitrogens with zero attached hydrogens (tertiary/aromatic N) is 2. The first kappa shape index (κ1) is 16.2. The predicted octanol–water partition coefficient (Wildman–Crippen LogP) is 2.08. The van der Waals surface area contributed by atoms with E-state index in [9.17, 15) is 4.79 Å².